The Labute approximate surface area is 107 Å². The van der Waals surface area contributed by atoms with Crippen LogP contribution >= 0.6 is 0 Å². The normalized spacial score (nSPS) is 23.8. The lowest BCUT2D eigenvalue weighted by molar-refractivity contribution is -0.0178. The molecule has 0 aliphatic carbocycles. The summed E-state index contributed by atoms with van der Waals surface area (Å²) in [4.78, 5) is 2.50. The number of unbranched alkanes of at least 4 members (excludes halogenated alkanes) is 2. The molecule has 1 aliphatic rings. The van der Waals surface area contributed by atoms with Gasteiger partial charge in [0.2, 0.25) is 0 Å². The summed E-state index contributed by atoms with van der Waals surface area (Å²) in [7, 11) is 0. The van der Waals surface area contributed by atoms with E-state index >= 15 is 0 Å². The first-order valence-corrected chi connectivity index (χ1v) is 7.29. The molecule has 1 N–H and O–H groups in total. The van der Waals surface area contributed by atoms with Crippen LogP contribution in [0.15, 0.2) is 0 Å². The van der Waals surface area contributed by atoms with Gasteiger partial charge in [0.15, 0.2) is 0 Å². The minimum atomic E-state index is 0.408. The Balaban J connectivity index is 1.98. The molecule has 1 heterocycles. The van der Waals surface area contributed by atoms with E-state index in [1.54, 1.807) is 0 Å². The lowest BCUT2D eigenvalue weighted by Gasteiger charge is -2.31. The maximum Gasteiger partial charge on any atom is 0.0674 e. The van der Waals surface area contributed by atoms with Crippen molar-refractivity contribution in [1.82, 2.24) is 10.2 Å². The predicted molar refractivity (Wildman–Crippen MR) is 73.5 cm³/mol. The summed E-state index contributed by atoms with van der Waals surface area (Å²) in [5.41, 5.74) is 0. The highest BCUT2D eigenvalue weighted by Gasteiger charge is 2.15. The molecule has 0 amide bonds. The Hall–Kier alpha value is -0.120. The molecule has 0 aromatic heterocycles. The van der Waals surface area contributed by atoms with E-state index < -0.39 is 0 Å². The summed E-state index contributed by atoms with van der Waals surface area (Å²) in [6.45, 7) is 12.1. The SMILES string of the molecule is CCCCCC(C)NCCN1CCOC(C)C1. The van der Waals surface area contributed by atoms with Crippen molar-refractivity contribution in [3.05, 3.63) is 0 Å². The molecule has 0 radical (unpaired) electrons. The van der Waals surface area contributed by atoms with Crippen LogP contribution in [0.1, 0.15) is 46.5 Å². The van der Waals surface area contributed by atoms with Crippen LogP contribution in [0.4, 0.5) is 0 Å². The molecule has 0 aromatic rings. The molecule has 2 unspecified atom stereocenters. The van der Waals surface area contributed by atoms with E-state index in [0.29, 0.717) is 12.1 Å². The Bertz CT molecular complexity index is 187. The van der Waals surface area contributed by atoms with Crippen LogP contribution in [0, 0.1) is 0 Å². The lowest BCUT2D eigenvalue weighted by Crippen LogP contribution is -2.44. The van der Waals surface area contributed by atoms with Crippen molar-refractivity contribution in [3.63, 3.8) is 0 Å². The van der Waals surface area contributed by atoms with Crippen molar-refractivity contribution >= 4 is 0 Å². The van der Waals surface area contributed by atoms with Crippen LogP contribution < -0.4 is 5.32 Å². The molecular formula is C14H30N2O. The van der Waals surface area contributed by atoms with Crippen LogP contribution in [0.2, 0.25) is 0 Å². The van der Waals surface area contributed by atoms with Gasteiger partial charge in [-0.2, -0.15) is 0 Å². The van der Waals surface area contributed by atoms with Gasteiger partial charge in [-0.15, -0.1) is 0 Å². The molecule has 0 saturated carbocycles. The smallest absolute Gasteiger partial charge is 0.0674 e. The first-order valence-electron chi connectivity index (χ1n) is 7.29. The highest BCUT2D eigenvalue weighted by atomic mass is 16.5. The zero-order valence-electron chi connectivity index (χ0n) is 11.9. The third-order valence-corrected chi connectivity index (χ3v) is 3.49. The molecule has 1 aliphatic heterocycles. The van der Waals surface area contributed by atoms with Crippen LogP contribution in [0.25, 0.3) is 0 Å². The van der Waals surface area contributed by atoms with Gasteiger partial charge in [0, 0.05) is 32.2 Å². The summed E-state index contributed by atoms with van der Waals surface area (Å²) < 4.78 is 5.54. The highest BCUT2D eigenvalue weighted by molar-refractivity contribution is 4.70. The average Bonchev–Trinajstić information content (AvgIpc) is 2.29. The number of nitrogens with zero attached hydrogens (tertiary/aromatic N) is 1. The van der Waals surface area contributed by atoms with Crippen molar-refractivity contribution in [3.8, 4) is 0 Å². The van der Waals surface area contributed by atoms with E-state index in [-0.39, 0.29) is 0 Å². The minimum absolute atomic E-state index is 0.408. The van der Waals surface area contributed by atoms with Crippen molar-refractivity contribution in [2.45, 2.75) is 58.6 Å². The quantitative estimate of drug-likeness (QED) is 0.661. The van der Waals surface area contributed by atoms with E-state index in [9.17, 15) is 0 Å². The Morgan fingerprint density at radius 1 is 1.41 bits per heavy atom. The minimum Gasteiger partial charge on any atom is -0.376 e. The maximum absolute atomic E-state index is 5.54. The van der Waals surface area contributed by atoms with E-state index in [1.165, 1.54) is 25.7 Å². The third kappa shape index (κ3) is 7.02. The summed E-state index contributed by atoms with van der Waals surface area (Å²) in [5, 5.41) is 3.62. The second kappa shape index (κ2) is 8.90. The molecule has 0 spiro atoms. The van der Waals surface area contributed by atoms with Gasteiger partial charge in [0.25, 0.3) is 0 Å². The van der Waals surface area contributed by atoms with Crippen LogP contribution in [-0.2, 0) is 4.74 Å². The largest absolute Gasteiger partial charge is 0.376 e. The highest BCUT2D eigenvalue weighted by Crippen LogP contribution is 2.04. The fourth-order valence-corrected chi connectivity index (χ4v) is 2.37. The Kier molecular flexibility index (Phi) is 7.82. The zero-order chi connectivity index (χ0) is 12.5. The molecule has 3 nitrogen and oxygen atoms in total. The summed E-state index contributed by atoms with van der Waals surface area (Å²) in [6.07, 6.45) is 5.77. The fourth-order valence-electron chi connectivity index (χ4n) is 2.37. The second-order valence-corrected chi connectivity index (χ2v) is 5.33. The molecule has 1 fully saturated rings. The molecular weight excluding hydrogens is 212 g/mol. The van der Waals surface area contributed by atoms with Gasteiger partial charge < -0.3 is 10.1 Å². The molecule has 2 atom stereocenters. The zero-order valence-corrected chi connectivity index (χ0v) is 11.9. The monoisotopic (exact) mass is 242 g/mol. The van der Waals surface area contributed by atoms with Gasteiger partial charge in [0.05, 0.1) is 12.7 Å². The standard InChI is InChI=1S/C14H30N2O/c1-4-5-6-7-13(2)15-8-9-16-10-11-17-14(3)12-16/h13-15H,4-12H2,1-3H3. The number of nitrogens with one attached hydrogen (secondary N) is 1. The first kappa shape index (κ1) is 14.9. The van der Waals surface area contributed by atoms with Crippen molar-refractivity contribution < 1.29 is 4.74 Å². The van der Waals surface area contributed by atoms with Crippen molar-refractivity contribution in [1.29, 1.82) is 0 Å². The predicted octanol–water partition coefficient (Wildman–Crippen LogP) is 2.27. The summed E-state index contributed by atoms with van der Waals surface area (Å²) in [5.74, 6) is 0. The number of morpholine rings is 1. The van der Waals surface area contributed by atoms with E-state index in [2.05, 4.69) is 31.0 Å². The summed E-state index contributed by atoms with van der Waals surface area (Å²) in [6, 6.07) is 0.667. The Morgan fingerprint density at radius 3 is 2.94 bits per heavy atom. The fraction of sp³-hybridized carbons (Fsp3) is 1.00. The van der Waals surface area contributed by atoms with Crippen molar-refractivity contribution in [2.75, 3.05) is 32.8 Å². The molecule has 0 bridgehead atoms. The third-order valence-electron chi connectivity index (χ3n) is 3.49. The topological polar surface area (TPSA) is 24.5 Å². The Morgan fingerprint density at radius 2 is 2.24 bits per heavy atom. The second-order valence-electron chi connectivity index (χ2n) is 5.33. The number of hydrogen-bond donors (Lipinski definition) is 1. The van der Waals surface area contributed by atoms with Gasteiger partial charge in [-0.25, -0.2) is 0 Å². The van der Waals surface area contributed by atoms with Crippen LogP contribution in [0.3, 0.4) is 0 Å². The van der Waals surface area contributed by atoms with Gasteiger partial charge in [-0.1, -0.05) is 26.2 Å². The van der Waals surface area contributed by atoms with Gasteiger partial charge in [0.1, 0.15) is 0 Å². The van der Waals surface area contributed by atoms with Gasteiger partial charge in [-0.3, -0.25) is 4.90 Å². The van der Waals surface area contributed by atoms with Crippen molar-refractivity contribution in [2.24, 2.45) is 0 Å². The number of hydrogen-bond acceptors (Lipinski definition) is 3. The molecule has 0 aromatic carbocycles. The van der Waals surface area contributed by atoms with E-state index in [4.69, 9.17) is 4.74 Å². The maximum atomic E-state index is 5.54. The van der Waals surface area contributed by atoms with Crippen LogP contribution in [0.5, 0.6) is 0 Å². The van der Waals surface area contributed by atoms with E-state index in [0.717, 1.165) is 32.8 Å². The van der Waals surface area contributed by atoms with Gasteiger partial charge >= 0.3 is 0 Å². The van der Waals surface area contributed by atoms with E-state index in [1.807, 2.05) is 0 Å². The molecule has 3 heteroatoms. The first-order chi connectivity index (χ1) is 8.22. The van der Waals surface area contributed by atoms with Gasteiger partial charge in [-0.05, 0) is 20.3 Å². The van der Waals surface area contributed by atoms with Crippen LogP contribution in [-0.4, -0.2) is 49.8 Å². The molecule has 102 valence electrons. The molecule has 17 heavy (non-hydrogen) atoms. The molecule has 1 rings (SSSR count). The average molecular weight is 242 g/mol. The summed E-state index contributed by atoms with van der Waals surface area (Å²) >= 11 is 0. The lowest BCUT2D eigenvalue weighted by atomic mass is 10.1. The molecule has 1 saturated heterocycles. The number of rotatable bonds is 8. The number of ether oxygens (including phenoxy) is 1.